The molecule has 1 aliphatic rings. The first-order valence-corrected chi connectivity index (χ1v) is 7.25. The van der Waals surface area contributed by atoms with Crippen LogP contribution in [-0.2, 0) is 0 Å². The minimum atomic E-state index is 0.657. The quantitative estimate of drug-likeness (QED) is 0.859. The summed E-state index contributed by atoms with van der Waals surface area (Å²) in [5, 5.41) is 3.79. The lowest BCUT2D eigenvalue weighted by atomic mass is 9.83. The summed E-state index contributed by atoms with van der Waals surface area (Å²) in [4.78, 5) is 2.19. The van der Waals surface area contributed by atoms with Gasteiger partial charge in [-0.3, -0.25) is 0 Å². The van der Waals surface area contributed by atoms with Crippen molar-refractivity contribution in [2.24, 2.45) is 5.92 Å². The Hall–Kier alpha value is -1.18. The van der Waals surface area contributed by atoms with E-state index >= 15 is 0 Å². The van der Waals surface area contributed by atoms with Gasteiger partial charge in [-0.25, -0.2) is 0 Å². The highest BCUT2D eigenvalue weighted by atomic mass is 15.1. The van der Waals surface area contributed by atoms with Crippen molar-refractivity contribution in [3.63, 3.8) is 0 Å². The Kier molecular flexibility index (Phi) is 4.51. The zero-order chi connectivity index (χ0) is 13.0. The molecule has 1 saturated carbocycles. The highest BCUT2D eigenvalue weighted by molar-refractivity contribution is 5.69. The van der Waals surface area contributed by atoms with Gasteiger partial charge in [0.1, 0.15) is 0 Å². The van der Waals surface area contributed by atoms with Crippen LogP contribution in [0.5, 0.6) is 0 Å². The molecule has 2 rings (SSSR count). The van der Waals surface area contributed by atoms with Crippen molar-refractivity contribution in [2.45, 2.75) is 45.1 Å². The van der Waals surface area contributed by atoms with Crippen LogP contribution in [0.25, 0.3) is 0 Å². The maximum atomic E-state index is 3.79. The summed E-state index contributed by atoms with van der Waals surface area (Å²) in [5.74, 6) is 0.842. The average Bonchev–Trinajstić information content (AvgIpc) is 2.40. The first kappa shape index (κ1) is 13.3. The van der Waals surface area contributed by atoms with Crippen LogP contribution in [0.2, 0.25) is 0 Å². The summed E-state index contributed by atoms with van der Waals surface area (Å²) >= 11 is 0. The minimum Gasteiger partial charge on any atom is -0.380 e. The number of nitrogens with one attached hydrogen (secondary N) is 1. The van der Waals surface area contributed by atoms with E-state index in [4.69, 9.17) is 0 Å². The number of para-hydroxylation sites is 2. The molecule has 2 unspecified atom stereocenters. The van der Waals surface area contributed by atoms with Crippen molar-refractivity contribution in [2.75, 3.05) is 24.3 Å². The van der Waals surface area contributed by atoms with E-state index in [1.807, 2.05) is 0 Å². The maximum Gasteiger partial charge on any atom is 0.0596 e. The monoisotopic (exact) mass is 246 g/mol. The number of hydrogen-bond acceptors (Lipinski definition) is 2. The van der Waals surface area contributed by atoms with E-state index in [1.54, 1.807) is 0 Å². The third kappa shape index (κ3) is 2.98. The van der Waals surface area contributed by atoms with Gasteiger partial charge in [0.25, 0.3) is 0 Å². The Morgan fingerprint density at radius 1 is 1.17 bits per heavy atom. The van der Waals surface area contributed by atoms with Crippen LogP contribution in [0.1, 0.15) is 39.0 Å². The summed E-state index contributed by atoms with van der Waals surface area (Å²) in [7, 11) is 4.22. The van der Waals surface area contributed by atoms with Crippen LogP contribution in [0.15, 0.2) is 24.3 Å². The van der Waals surface area contributed by atoms with Gasteiger partial charge in [-0.15, -0.1) is 0 Å². The first-order chi connectivity index (χ1) is 8.72. The molecule has 100 valence electrons. The van der Waals surface area contributed by atoms with Crippen molar-refractivity contribution in [1.29, 1.82) is 0 Å². The fraction of sp³-hybridized carbons (Fsp3) is 0.625. The van der Waals surface area contributed by atoms with E-state index in [0.717, 1.165) is 5.92 Å². The second-order valence-corrected chi connectivity index (χ2v) is 5.62. The van der Waals surface area contributed by atoms with Gasteiger partial charge in [-0.2, -0.15) is 0 Å². The van der Waals surface area contributed by atoms with Gasteiger partial charge in [-0.1, -0.05) is 38.3 Å². The summed E-state index contributed by atoms with van der Waals surface area (Å²) in [6, 6.07) is 9.28. The van der Waals surface area contributed by atoms with Gasteiger partial charge in [0.05, 0.1) is 11.4 Å². The molecule has 1 N–H and O–H groups in total. The smallest absolute Gasteiger partial charge is 0.0596 e. The van der Waals surface area contributed by atoms with Crippen LogP contribution in [0, 0.1) is 5.92 Å². The Morgan fingerprint density at radius 3 is 2.61 bits per heavy atom. The minimum absolute atomic E-state index is 0.657. The average molecular weight is 246 g/mol. The third-order valence-corrected chi connectivity index (χ3v) is 4.16. The molecule has 0 aliphatic heterocycles. The second kappa shape index (κ2) is 6.12. The van der Waals surface area contributed by atoms with Gasteiger partial charge >= 0.3 is 0 Å². The summed E-state index contributed by atoms with van der Waals surface area (Å²) in [6.07, 6.45) is 6.78. The van der Waals surface area contributed by atoms with Gasteiger partial charge < -0.3 is 10.2 Å². The Labute approximate surface area is 111 Å². The van der Waals surface area contributed by atoms with Crippen molar-refractivity contribution in [3.05, 3.63) is 24.3 Å². The Balaban J connectivity index is 2.12. The normalized spacial score (nSPS) is 23.7. The van der Waals surface area contributed by atoms with Crippen LogP contribution in [0.4, 0.5) is 11.4 Å². The summed E-state index contributed by atoms with van der Waals surface area (Å²) in [5.41, 5.74) is 2.57. The number of anilines is 2. The lowest BCUT2D eigenvalue weighted by Gasteiger charge is -2.33. The molecule has 0 heterocycles. The van der Waals surface area contributed by atoms with E-state index in [1.165, 1.54) is 43.5 Å². The van der Waals surface area contributed by atoms with E-state index in [2.05, 4.69) is 55.5 Å². The molecular formula is C16H26N2. The van der Waals surface area contributed by atoms with Crippen molar-refractivity contribution < 1.29 is 0 Å². The zero-order valence-electron chi connectivity index (χ0n) is 11.9. The van der Waals surface area contributed by atoms with Crippen molar-refractivity contribution in [1.82, 2.24) is 0 Å². The molecule has 1 aromatic carbocycles. The molecule has 2 heteroatoms. The van der Waals surface area contributed by atoms with Gasteiger partial charge in [0.2, 0.25) is 0 Å². The fourth-order valence-electron chi connectivity index (χ4n) is 3.07. The van der Waals surface area contributed by atoms with Crippen molar-refractivity contribution in [3.8, 4) is 0 Å². The highest BCUT2D eigenvalue weighted by Gasteiger charge is 2.23. The SMILES string of the molecule is CCC1CCCCC1Nc1ccccc1N(C)C. The molecule has 0 radical (unpaired) electrons. The number of hydrogen-bond donors (Lipinski definition) is 1. The maximum absolute atomic E-state index is 3.79. The molecule has 0 saturated heterocycles. The highest BCUT2D eigenvalue weighted by Crippen LogP contribution is 2.32. The van der Waals surface area contributed by atoms with E-state index in [9.17, 15) is 0 Å². The number of benzene rings is 1. The Morgan fingerprint density at radius 2 is 1.89 bits per heavy atom. The lowest BCUT2D eigenvalue weighted by molar-refractivity contribution is 0.317. The van der Waals surface area contributed by atoms with Crippen LogP contribution >= 0.6 is 0 Å². The van der Waals surface area contributed by atoms with Crippen LogP contribution < -0.4 is 10.2 Å². The topological polar surface area (TPSA) is 15.3 Å². The van der Waals surface area contributed by atoms with Crippen LogP contribution in [0.3, 0.4) is 0 Å². The molecule has 1 fully saturated rings. The van der Waals surface area contributed by atoms with E-state index in [0.29, 0.717) is 6.04 Å². The summed E-state index contributed by atoms with van der Waals surface area (Å²) in [6.45, 7) is 2.32. The van der Waals surface area contributed by atoms with Gasteiger partial charge in [0, 0.05) is 20.1 Å². The molecule has 18 heavy (non-hydrogen) atoms. The third-order valence-electron chi connectivity index (χ3n) is 4.16. The molecule has 1 aliphatic carbocycles. The number of nitrogens with zero attached hydrogens (tertiary/aromatic N) is 1. The molecule has 1 aromatic rings. The molecular weight excluding hydrogens is 220 g/mol. The lowest BCUT2D eigenvalue weighted by Crippen LogP contribution is -2.32. The predicted octanol–water partition coefficient (Wildman–Crippen LogP) is 4.13. The standard InChI is InChI=1S/C16H26N2/c1-4-13-9-5-6-10-14(13)17-15-11-7-8-12-16(15)18(2)3/h7-8,11-14,17H,4-6,9-10H2,1-3H3. The molecule has 2 nitrogen and oxygen atoms in total. The predicted molar refractivity (Wildman–Crippen MR) is 80.4 cm³/mol. The Bertz CT molecular complexity index is 373. The van der Waals surface area contributed by atoms with E-state index < -0.39 is 0 Å². The number of rotatable bonds is 4. The van der Waals surface area contributed by atoms with Gasteiger partial charge in [0.15, 0.2) is 0 Å². The molecule has 0 aromatic heterocycles. The summed E-state index contributed by atoms with van der Waals surface area (Å²) < 4.78 is 0. The van der Waals surface area contributed by atoms with Crippen molar-refractivity contribution >= 4 is 11.4 Å². The first-order valence-electron chi connectivity index (χ1n) is 7.25. The molecule has 0 spiro atoms. The largest absolute Gasteiger partial charge is 0.380 e. The molecule has 0 bridgehead atoms. The zero-order valence-corrected chi connectivity index (χ0v) is 11.9. The van der Waals surface area contributed by atoms with Crippen LogP contribution in [-0.4, -0.2) is 20.1 Å². The van der Waals surface area contributed by atoms with Gasteiger partial charge in [-0.05, 0) is 30.9 Å². The molecule has 0 amide bonds. The molecule has 2 atom stereocenters. The van der Waals surface area contributed by atoms with E-state index in [-0.39, 0.29) is 0 Å². The fourth-order valence-corrected chi connectivity index (χ4v) is 3.07. The second-order valence-electron chi connectivity index (χ2n) is 5.62.